The molecule has 1 aromatic carbocycles. The zero-order chi connectivity index (χ0) is 14.3. The van der Waals surface area contributed by atoms with E-state index in [1.54, 1.807) is 0 Å². The average molecular weight is 326 g/mol. The van der Waals surface area contributed by atoms with E-state index in [1.807, 2.05) is 0 Å². The second kappa shape index (κ2) is 8.06. The molecule has 0 saturated carbocycles. The molecule has 0 aliphatic rings. The molecule has 1 atom stereocenters. The number of halogens is 1. The highest BCUT2D eigenvalue weighted by atomic mass is 79.9. The predicted octanol–water partition coefficient (Wildman–Crippen LogP) is 5.19. The first-order valence-corrected chi connectivity index (χ1v) is 8.20. The first-order valence-electron chi connectivity index (χ1n) is 7.41. The lowest BCUT2D eigenvalue weighted by atomic mass is 9.83. The lowest BCUT2D eigenvalue weighted by Crippen LogP contribution is -2.40. The van der Waals surface area contributed by atoms with E-state index in [0.29, 0.717) is 11.5 Å². The Balaban J connectivity index is 2.43. The van der Waals surface area contributed by atoms with Gasteiger partial charge in [-0.05, 0) is 55.3 Å². The number of nitrogens with one attached hydrogen (secondary N) is 1. The van der Waals surface area contributed by atoms with Crippen molar-refractivity contribution in [3.63, 3.8) is 0 Å². The fraction of sp³-hybridized carbons (Fsp3) is 0.647. The van der Waals surface area contributed by atoms with Crippen LogP contribution in [0.2, 0.25) is 0 Å². The van der Waals surface area contributed by atoms with Crippen LogP contribution in [-0.4, -0.2) is 12.6 Å². The second-order valence-corrected chi connectivity index (χ2v) is 7.31. The van der Waals surface area contributed by atoms with Crippen LogP contribution in [0.4, 0.5) is 0 Å². The van der Waals surface area contributed by atoms with Gasteiger partial charge in [-0.1, -0.05) is 55.8 Å². The maximum Gasteiger partial charge on any atom is 0.0177 e. The molecule has 0 amide bonds. The first-order chi connectivity index (χ1) is 8.93. The standard InChI is InChI=1S/C17H28BrN/c1-5-12-19-16(17(2,3)4)11-7-9-14-8-6-10-15(18)13-14/h6,8,10,13,16,19H,5,7,9,11-12H2,1-4H3. The summed E-state index contributed by atoms with van der Waals surface area (Å²) in [5.74, 6) is 0. The normalized spacial score (nSPS) is 13.5. The summed E-state index contributed by atoms with van der Waals surface area (Å²) in [6, 6.07) is 9.27. The molecule has 1 N–H and O–H groups in total. The summed E-state index contributed by atoms with van der Waals surface area (Å²) in [4.78, 5) is 0. The SMILES string of the molecule is CCCNC(CCCc1cccc(Br)c1)C(C)(C)C. The minimum atomic E-state index is 0.340. The van der Waals surface area contributed by atoms with Gasteiger partial charge in [0.05, 0.1) is 0 Å². The van der Waals surface area contributed by atoms with Crippen molar-refractivity contribution < 1.29 is 0 Å². The minimum absolute atomic E-state index is 0.340. The lowest BCUT2D eigenvalue weighted by molar-refractivity contribution is 0.251. The summed E-state index contributed by atoms with van der Waals surface area (Å²) in [7, 11) is 0. The zero-order valence-electron chi connectivity index (χ0n) is 12.8. The Kier molecular flexibility index (Phi) is 7.09. The van der Waals surface area contributed by atoms with E-state index >= 15 is 0 Å². The van der Waals surface area contributed by atoms with Gasteiger partial charge in [0, 0.05) is 10.5 Å². The summed E-state index contributed by atoms with van der Waals surface area (Å²) in [6.07, 6.45) is 4.86. The van der Waals surface area contributed by atoms with E-state index in [-0.39, 0.29) is 0 Å². The Bertz CT molecular complexity index is 368. The molecule has 0 heterocycles. The molecule has 0 spiro atoms. The molecule has 0 aliphatic heterocycles. The van der Waals surface area contributed by atoms with Crippen LogP contribution in [0.25, 0.3) is 0 Å². The molecule has 0 saturated heterocycles. The third-order valence-corrected chi connectivity index (χ3v) is 4.03. The van der Waals surface area contributed by atoms with Crippen LogP contribution in [0.5, 0.6) is 0 Å². The van der Waals surface area contributed by atoms with E-state index in [0.717, 1.165) is 6.54 Å². The van der Waals surface area contributed by atoms with Crippen molar-refractivity contribution in [1.29, 1.82) is 0 Å². The topological polar surface area (TPSA) is 12.0 Å². The number of aryl methyl sites for hydroxylation is 1. The second-order valence-electron chi connectivity index (χ2n) is 6.39. The molecule has 0 aromatic heterocycles. The zero-order valence-corrected chi connectivity index (χ0v) is 14.4. The number of hydrogen-bond acceptors (Lipinski definition) is 1. The van der Waals surface area contributed by atoms with Gasteiger partial charge in [0.2, 0.25) is 0 Å². The Hall–Kier alpha value is -0.340. The summed E-state index contributed by atoms with van der Waals surface area (Å²) in [6.45, 7) is 10.4. The highest BCUT2D eigenvalue weighted by Gasteiger charge is 2.23. The van der Waals surface area contributed by atoms with Gasteiger partial charge in [0.25, 0.3) is 0 Å². The minimum Gasteiger partial charge on any atom is -0.313 e. The largest absolute Gasteiger partial charge is 0.313 e. The smallest absolute Gasteiger partial charge is 0.0177 e. The van der Waals surface area contributed by atoms with Gasteiger partial charge in [-0.3, -0.25) is 0 Å². The number of benzene rings is 1. The maximum absolute atomic E-state index is 3.70. The van der Waals surface area contributed by atoms with E-state index < -0.39 is 0 Å². The van der Waals surface area contributed by atoms with E-state index in [2.05, 4.69) is 73.2 Å². The van der Waals surface area contributed by atoms with Crippen LogP contribution in [0.3, 0.4) is 0 Å². The highest BCUT2D eigenvalue weighted by molar-refractivity contribution is 9.10. The Morgan fingerprint density at radius 3 is 2.58 bits per heavy atom. The summed E-state index contributed by atoms with van der Waals surface area (Å²) < 4.78 is 1.18. The summed E-state index contributed by atoms with van der Waals surface area (Å²) >= 11 is 3.54. The molecule has 0 fully saturated rings. The van der Waals surface area contributed by atoms with Gasteiger partial charge < -0.3 is 5.32 Å². The highest BCUT2D eigenvalue weighted by Crippen LogP contribution is 2.24. The molecule has 2 heteroatoms. The van der Waals surface area contributed by atoms with Crippen molar-refractivity contribution >= 4 is 15.9 Å². The third-order valence-electron chi connectivity index (χ3n) is 3.53. The van der Waals surface area contributed by atoms with E-state index in [1.165, 1.54) is 35.7 Å². The molecule has 0 bridgehead atoms. The fourth-order valence-corrected chi connectivity index (χ4v) is 2.81. The maximum atomic E-state index is 3.70. The molecule has 0 radical (unpaired) electrons. The predicted molar refractivity (Wildman–Crippen MR) is 88.6 cm³/mol. The van der Waals surface area contributed by atoms with Crippen molar-refractivity contribution in [1.82, 2.24) is 5.32 Å². The van der Waals surface area contributed by atoms with Crippen LogP contribution < -0.4 is 5.32 Å². The lowest BCUT2D eigenvalue weighted by Gasteiger charge is -2.32. The van der Waals surface area contributed by atoms with E-state index in [4.69, 9.17) is 0 Å². The number of hydrogen-bond donors (Lipinski definition) is 1. The van der Waals surface area contributed by atoms with Gasteiger partial charge in [-0.25, -0.2) is 0 Å². The first kappa shape index (κ1) is 16.7. The molecular formula is C17H28BrN. The van der Waals surface area contributed by atoms with Crippen LogP contribution in [0.15, 0.2) is 28.7 Å². The van der Waals surface area contributed by atoms with E-state index in [9.17, 15) is 0 Å². The molecule has 19 heavy (non-hydrogen) atoms. The summed E-state index contributed by atoms with van der Waals surface area (Å²) in [5, 5.41) is 3.70. The third kappa shape index (κ3) is 6.58. The molecule has 1 nitrogen and oxygen atoms in total. The molecule has 0 aliphatic carbocycles. The van der Waals surface area contributed by atoms with Crippen molar-refractivity contribution in [3.05, 3.63) is 34.3 Å². The van der Waals surface area contributed by atoms with Crippen molar-refractivity contribution in [3.8, 4) is 0 Å². The van der Waals surface area contributed by atoms with Crippen molar-refractivity contribution in [2.75, 3.05) is 6.54 Å². The van der Waals surface area contributed by atoms with Gasteiger partial charge in [-0.2, -0.15) is 0 Å². The average Bonchev–Trinajstić information content (AvgIpc) is 2.32. The fourth-order valence-electron chi connectivity index (χ4n) is 2.36. The van der Waals surface area contributed by atoms with Gasteiger partial charge in [-0.15, -0.1) is 0 Å². The van der Waals surface area contributed by atoms with Crippen LogP contribution in [-0.2, 0) is 6.42 Å². The quantitative estimate of drug-likeness (QED) is 0.727. The van der Waals surface area contributed by atoms with Crippen molar-refractivity contribution in [2.45, 2.75) is 59.4 Å². The van der Waals surface area contributed by atoms with Gasteiger partial charge in [0.15, 0.2) is 0 Å². The molecule has 108 valence electrons. The Morgan fingerprint density at radius 1 is 1.26 bits per heavy atom. The molecular weight excluding hydrogens is 298 g/mol. The molecule has 1 unspecified atom stereocenters. The molecule has 1 rings (SSSR count). The molecule has 1 aromatic rings. The van der Waals surface area contributed by atoms with Gasteiger partial charge >= 0.3 is 0 Å². The monoisotopic (exact) mass is 325 g/mol. The van der Waals surface area contributed by atoms with Crippen LogP contribution in [0.1, 0.15) is 52.5 Å². The Morgan fingerprint density at radius 2 is 2.00 bits per heavy atom. The Labute approximate surface area is 127 Å². The summed E-state index contributed by atoms with van der Waals surface area (Å²) in [5.41, 5.74) is 1.77. The van der Waals surface area contributed by atoms with Crippen LogP contribution >= 0.6 is 15.9 Å². The van der Waals surface area contributed by atoms with Crippen LogP contribution in [0, 0.1) is 5.41 Å². The van der Waals surface area contributed by atoms with Gasteiger partial charge in [0.1, 0.15) is 0 Å². The number of rotatable bonds is 7. The van der Waals surface area contributed by atoms with Crippen molar-refractivity contribution in [2.24, 2.45) is 5.41 Å².